The molecule has 1 aromatic carbocycles. The maximum atomic E-state index is 13.1. The molecule has 0 aliphatic rings. The molecule has 0 heterocycles. The molecule has 82 valence electrons. The summed E-state index contributed by atoms with van der Waals surface area (Å²) in [5, 5.41) is 8.44. The van der Waals surface area contributed by atoms with Crippen LogP contribution in [-0.4, -0.2) is 17.2 Å². The monoisotopic (exact) mass is 216 g/mol. The molecule has 0 amide bonds. The molecule has 0 spiro atoms. The molecule has 0 bridgehead atoms. The maximum Gasteiger partial charge on any atom is 0.307 e. The highest BCUT2D eigenvalue weighted by Gasteiger charge is 2.14. The number of rotatable bonds is 4. The molecule has 3 nitrogen and oxygen atoms in total. The zero-order valence-electron chi connectivity index (χ0n) is 8.04. The average molecular weight is 216 g/mol. The minimum atomic E-state index is -1.10. The number of carboxylic acid groups (broad SMARTS) is 1. The van der Waals surface area contributed by atoms with E-state index < -0.39 is 23.7 Å². The third-order valence-corrected chi connectivity index (χ3v) is 1.71. The standard InChI is InChI=1S/C10H10F2O3/c1-6(5-9(13)14)15-8-4-2-3-7(11)10(8)12/h2-4,6H,5H2,1H3,(H,13,14)/t6-/m1/s1. The van der Waals surface area contributed by atoms with Crippen LogP contribution in [0.2, 0.25) is 0 Å². The summed E-state index contributed by atoms with van der Waals surface area (Å²) in [6.45, 7) is 1.47. The van der Waals surface area contributed by atoms with Crippen molar-refractivity contribution in [1.29, 1.82) is 0 Å². The molecule has 0 saturated heterocycles. The van der Waals surface area contributed by atoms with Crippen LogP contribution in [0, 0.1) is 11.6 Å². The Morgan fingerprint density at radius 3 is 2.80 bits per heavy atom. The largest absolute Gasteiger partial charge is 0.487 e. The smallest absolute Gasteiger partial charge is 0.307 e. The Balaban J connectivity index is 2.72. The number of halogens is 2. The highest BCUT2D eigenvalue weighted by Crippen LogP contribution is 2.20. The number of aliphatic carboxylic acids is 1. The van der Waals surface area contributed by atoms with Gasteiger partial charge in [-0.3, -0.25) is 4.79 Å². The second-order valence-electron chi connectivity index (χ2n) is 3.08. The predicted molar refractivity (Wildman–Crippen MR) is 48.7 cm³/mol. The van der Waals surface area contributed by atoms with Gasteiger partial charge in [0.2, 0.25) is 5.82 Å². The van der Waals surface area contributed by atoms with E-state index in [4.69, 9.17) is 9.84 Å². The first-order valence-electron chi connectivity index (χ1n) is 4.33. The van der Waals surface area contributed by atoms with Crippen molar-refractivity contribution in [3.63, 3.8) is 0 Å². The molecule has 1 N–H and O–H groups in total. The van der Waals surface area contributed by atoms with Crippen LogP contribution in [0.1, 0.15) is 13.3 Å². The second kappa shape index (κ2) is 4.72. The molecule has 1 aromatic rings. The first kappa shape index (κ1) is 11.4. The zero-order valence-corrected chi connectivity index (χ0v) is 8.04. The molecule has 1 atom stereocenters. The van der Waals surface area contributed by atoms with Crippen molar-refractivity contribution in [3.8, 4) is 5.75 Å². The molecule has 0 unspecified atom stereocenters. The lowest BCUT2D eigenvalue weighted by molar-refractivity contribution is -0.138. The molecule has 0 saturated carbocycles. The molecular formula is C10H10F2O3. The van der Waals surface area contributed by atoms with Crippen LogP contribution in [0.5, 0.6) is 5.75 Å². The summed E-state index contributed by atoms with van der Waals surface area (Å²) in [6.07, 6.45) is -0.977. The minimum absolute atomic E-state index is 0.268. The quantitative estimate of drug-likeness (QED) is 0.839. The molecule has 5 heteroatoms. The summed E-state index contributed by atoms with van der Waals surface area (Å²) in [5.41, 5.74) is 0. The van der Waals surface area contributed by atoms with Crippen LogP contribution in [0.3, 0.4) is 0 Å². The number of carbonyl (C=O) groups is 1. The van der Waals surface area contributed by atoms with Crippen LogP contribution in [0.15, 0.2) is 18.2 Å². The molecule has 15 heavy (non-hydrogen) atoms. The van der Waals surface area contributed by atoms with Gasteiger partial charge in [-0.25, -0.2) is 4.39 Å². The van der Waals surface area contributed by atoms with E-state index in [1.807, 2.05) is 0 Å². The van der Waals surface area contributed by atoms with Crippen molar-refractivity contribution >= 4 is 5.97 Å². The number of carboxylic acids is 1. The third-order valence-electron chi connectivity index (χ3n) is 1.71. The van der Waals surface area contributed by atoms with E-state index in [-0.39, 0.29) is 12.2 Å². The lowest BCUT2D eigenvalue weighted by Crippen LogP contribution is -2.17. The van der Waals surface area contributed by atoms with Crippen molar-refractivity contribution in [3.05, 3.63) is 29.8 Å². The SMILES string of the molecule is C[C@H](CC(=O)O)Oc1cccc(F)c1F. The topological polar surface area (TPSA) is 46.5 Å². The summed E-state index contributed by atoms with van der Waals surface area (Å²) in [7, 11) is 0. The van der Waals surface area contributed by atoms with Crippen LogP contribution in [0.4, 0.5) is 8.78 Å². The van der Waals surface area contributed by atoms with Gasteiger partial charge in [-0.1, -0.05) is 6.07 Å². The van der Waals surface area contributed by atoms with Gasteiger partial charge in [-0.05, 0) is 19.1 Å². The van der Waals surface area contributed by atoms with Gasteiger partial charge in [0, 0.05) is 0 Å². The normalized spacial score (nSPS) is 12.2. The Bertz CT molecular complexity index is 366. The predicted octanol–water partition coefficient (Wildman–Crippen LogP) is 2.21. The van der Waals surface area contributed by atoms with Crippen molar-refractivity contribution < 1.29 is 23.4 Å². The van der Waals surface area contributed by atoms with E-state index in [0.29, 0.717) is 0 Å². The molecule has 0 aliphatic heterocycles. The molecule has 0 radical (unpaired) electrons. The maximum absolute atomic E-state index is 13.1. The second-order valence-corrected chi connectivity index (χ2v) is 3.08. The first-order valence-corrected chi connectivity index (χ1v) is 4.33. The van der Waals surface area contributed by atoms with Gasteiger partial charge < -0.3 is 9.84 Å². The Morgan fingerprint density at radius 1 is 1.53 bits per heavy atom. The summed E-state index contributed by atoms with van der Waals surface area (Å²) < 4.78 is 30.7. The summed E-state index contributed by atoms with van der Waals surface area (Å²) in [5.74, 6) is -3.45. The molecule has 0 fully saturated rings. The zero-order chi connectivity index (χ0) is 11.4. The number of hydrogen-bond donors (Lipinski definition) is 1. The van der Waals surface area contributed by atoms with Gasteiger partial charge in [-0.2, -0.15) is 4.39 Å². The molecule has 1 rings (SSSR count). The Kier molecular flexibility index (Phi) is 3.60. The van der Waals surface area contributed by atoms with E-state index >= 15 is 0 Å². The minimum Gasteiger partial charge on any atom is -0.487 e. The fraction of sp³-hybridized carbons (Fsp3) is 0.300. The van der Waals surface area contributed by atoms with Crippen LogP contribution in [0.25, 0.3) is 0 Å². The van der Waals surface area contributed by atoms with Crippen LogP contribution >= 0.6 is 0 Å². The van der Waals surface area contributed by atoms with Gasteiger partial charge >= 0.3 is 5.97 Å². The van der Waals surface area contributed by atoms with Gasteiger partial charge in [0.05, 0.1) is 6.42 Å². The fourth-order valence-corrected chi connectivity index (χ4v) is 1.08. The Labute approximate surface area is 85.3 Å². The van der Waals surface area contributed by atoms with E-state index in [1.54, 1.807) is 0 Å². The first-order chi connectivity index (χ1) is 7.00. The van der Waals surface area contributed by atoms with Crippen molar-refractivity contribution in [1.82, 2.24) is 0 Å². The van der Waals surface area contributed by atoms with Gasteiger partial charge in [0.25, 0.3) is 0 Å². The van der Waals surface area contributed by atoms with Crippen LogP contribution in [-0.2, 0) is 4.79 Å². The number of hydrogen-bond acceptors (Lipinski definition) is 2. The summed E-state index contributed by atoms with van der Waals surface area (Å²) >= 11 is 0. The highest BCUT2D eigenvalue weighted by atomic mass is 19.2. The van der Waals surface area contributed by atoms with Gasteiger partial charge in [0.1, 0.15) is 6.10 Å². The van der Waals surface area contributed by atoms with Crippen LogP contribution < -0.4 is 4.74 Å². The summed E-state index contributed by atoms with van der Waals surface area (Å²) in [6, 6.07) is 3.50. The number of benzene rings is 1. The number of ether oxygens (including phenoxy) is 1. The van der Waals surface area contributed by atoms with Gasteiger partial charge in [0.15, 0.2) is 11.6 Å². The average Bonchev–Trinajstić information content (AvgIpc) is 2.11. The molecular weight excluding hydrogens is 206 g/mol. The van der Waals surface area contributed by atoms with Crippen molar-refractivity contribution in [2.45, 2.75) is 19.4 Å². The van der Waals surface area contributed by atoms with E-state index in [9.17, 15) is 13.6 Å². The lowest BCUT2D eigenvalue weighted by atomic mass is 10.2. The van der Waals surface area contributed by atoms with Crippen molar-refractivity contribution in [2.75, 3.05) is 0 Å². The van der Waals surface area contributed by atoms with E-state index in [2.05, 4.69) is 0 Å². The molecule has 0 aromatic heterocycles. The third kappa shape index (κ3) is 3.19. The van der Waals surface area contributed by atoms with E-state index in [1.165, 1.54) is 19.1 Å². The Hall–Kier alpha value is -1.65. The lowest BCUT2D eigenvalue weighted by Gasteiger charge is -2.13. The molecule has 0 aliphatic carbocycles. The summed E-state index contributed by atoms with van der Waals surface area (Å²) in [4.78, 5) is 10.3. The van der Waals surface area contributed by atoms with Crippen molar-refractivity contribution in [2.24, 2.45) is 0 Å². The van der Waals surface area contributed by atoms with E-state index in [0.717, 1.165) is 6.07 Å². The highest BCUT2D eigenvalue weighted by molar-refractivity contribution is 5.67. The van der Waals surface area contributed by atoms with Gasteiger partial charge in [-0.15, -0.1) is 0 Å². The fourth-order valence-electron chi connectivity index (χ4n) is 1.08. The Morgan fingerprint density at radius 2 is 2.20 bits per heavy atom.